The van der Waals surface area contributed by atoms with Crippen molar-refractivity contribution in [3.05, 3.63) is 0 Å². The van der Waals surface area contributed by atoms with E-state index in [4.69, 9.17) is 5.11 Å². The molecule has 0 aliphatic rings. The highest BCUT2D eigenvalue weighted by Crippen LogP contribution is 1.97. The first-order valence-electron chi connectivity index (χ1n) is 4.38. The third-order valence-corrected chi connectivity index (χ3v) is 1.80. The molecule has 2 N–H and O–H groups in total. The summed E-state index contributed by atoms with van der Waals surface area (Å²) in [4.78, 5) is 42.0. The third kappa shape index (κ3) is 5.69. The van der Waals surface area contributed by atoms with E-state index in [-0.39, 0.29) is 12.2 Å². The number of hydrogen-bond acceptors (Lipinski definition) is 5. The minimum absolute atomic E-state index is 0.0765. The number of aldehydes is 2. The van der Waals surface area contributed by atoms with Crippen molar-refractivity contribution in [2.75, 3.05) is 0 Å². The van der Waals surface area contributed by atoms with Gasteiger partial charge in [-0.25, -0.2) is 0 Å². The predicted octanol–water partition coefficient (Wildman–Crippen LogP) is -0.835. The fourth-order valence-electron chi connectivity index (χ4n) is 1.02. The second-order valence-corrected chi connectivity index (χ2v) is 3.07. The third-order valence-electron chi connectivity index (χ3n) is 1.80. The molecule has 2 unspecified atom stereocenters. The van der Waals surface area contributed by atoms with E-state index < -0.39 is 24.5 Å². The Kier molecular flexibility index (Phi) is 6.12. The van der Waals surface area contributed by atoms with Crippen LogP contribution in [0.25, 0.3) is 0 Å². The quantitative estimate of drug-likeness (QED) is 0.512. The van der Waals surface area contributed by atoms with Crippen LogP contribution >= 0.6 is 0 Å². The Bertz CT molecular complexity index is 263. The summed E-state index contributed by atoms with van der Waals surface area (Å²) in [6, 6.07) is -1.74. The van der Waals surface area contributed by atoms with Gasteiger partial charge >= 0.3 is 5.97 Å². The maximum Gasteiger partial charge on any atom is 0.305 e. The standard InChI is InChI=1S/C9H13NO5/c1-6(13)8(4-9(14)15)10-7(5-12)2-3-11/h3,5,7-8,10H,2,4H2,1H3,(H,14,15). The van der Waals surface area contributed by atoms with Crippen molar-refractivity contribution in [1.82, 2.24) is 5.32 Å². The van der Waals surface area contributed by atoms with E-state index in [2.05, 4.69) is 5.32 Å². The number of rotatable bonds is 8. The highest BCUT2D eigenvalue weighted by Gasteiger charge is 2.21. The summed E-state index contributed by atoms with van der Waals surface area (Å²) in [7, 11) is 0. The van der Waals surface area contributed by atoms with Gasteiger partial charge in [0.15, 0.2) is 0 Å². The summed E-state index contributed by atoms with van der Waals surface area (Å²) in [5, 5.41) is 11.0. The highest BCUT2D eigenvalue weighted by molar-refractivity contribution is 5.86. The van der Waals surface area contributed by atoms with E-state index in [1.54, 1.807) is 0 Å². The van der Waals surface area contributed by atoms with E-state index >= 15 is 0 Å². The molecule has 0 aromatic carbocycles. The second-order valence-electron chi connectivity index (χ2n) is 3.07. The van der Waals surface area contributed by atoms with Gasteiger partial charge in [-0.15, -0.1) is 0 Å². The van der Waals surface area contributed by atoms with Crippen LogP contribution in [0.4, 0.5) is 0 Å². The Morgan fingerprint density at radius 2 is 2.00 bits per heavy atom. The van der Waals surface area contributed by atoms with Gasteiger partial charge in [-0.05, 0) is 6.92 Å². The fourth-order valence-corrected chi connectivity index (χ4v) is 1.02. The molecule has 84 valence electrons. The molecule has 0 aromatic rings. The number of Topliss-reactive ketones (excluding diaryl/α,β-unsaturated/α-hetero) is 1. The summed E-state index contributed by atoms with van der Waals surface area (Å²) in [5.74, 6) is -1.52. The normalized spacial score (nSPS) is 13.9. The molecule has 6 heteroatoms. The predicted molar refractivity (Wildman–Crippen MR) is 50.4 cm³/mol. The zero-order chi connectivity index (χ0) is 11.8. The van der Waals surface area contributed by atoms with Gasteiger partial charge in [0.25, 0.3) is 0 Å². The van der Waals surface area contributed by atoms with E-state index in [1.165, 1.54) is 6.92 Å². The lowest BCUT2D eigenvalue weighted by molar-refractivity contribution is -0.139. The second kappa shape index (κ2) is 6.83. The largest absolute Gasteiger partial charge is 0.481 e. The van der Waals surface area contributed by atoms with Crippen molar-refractivity contribution in [1.29, 1.82) is 0 Å². The number of hydrogen-bond donors (Lipinski definition) is 2. The van der Waals surface area contributed by atoms with Crippen LogP contribution in [-0.2, 0) is 19.2 Å². The molecule has 2 atom stereocenters. The topological polar surface area (TPSA) is 101 Å². The zero-order valence-electron chi connectivity index (χ0n) is 8.30. The molecule has 0 bridgehead atoms. The van der Waals surface area contributed by atoms with E-state index in [1.807, 2.05) is 0 Å². The van der Waals surface area contributed by atoms with Crippen molar-refractivity contribution in [2.45, 2.75) is 31.8 Å². The Labute approximate surface area is 86.6 Å². The number of nitrogens with one attached hydrogen (secondary N) is 1. The molecule has 0 heterocycles. The van der Waals surface area contributed by atoms with Crippen LogP contribution in [0.5, 0.6) is 0 Å². The zero-order valence-corrected chi connectivity index (χ0v) is 8.30. The number of carboxylic acids is 1. The van der Waals surface area contributed by atoms with Gasteiger partial charge in [-0.3, -0.25) is 14.9 Å². The number of ketones is 1. The summed E-state index contributed by atoms with van der Waals surface area (Å²) < 4.78 is 0. The monoisotopic (exact) mass is 215 g/mol. The first kappa shape index (κ1) is 13.4. The lowest BCUT2D eigenvalue weighted by Crippen LogP contribution is -2.44. The van der Waals surface area contributed by atoms with Crippen molar-refractivity contribution in [3.8, 4) is 0 Å². The van der Waals surface area contributed by atoms with Gasteiger partial charge in [0.2, 0.25) is 0 Å². The van der Waals surface area contributed by atoms with Gasteiger partial charge in [-0.2, -0.15) is 0 Å². The Morgan fingerprint density at radius 1 is 1.40 bits per heavy atom. The van der Waals surface area contributed by atoms with E-state index in [9.17, 15) is 19.2 Å². The molecule has 0 fully saturated rings. The smallest absolute Gasteiger partial charge is 0.305 e. The van der Waals surface area contributed by atoms with Crippen molar-refractivity contribution in [3.63, 3.8) is 0 Å². The highest BCUT2D eigenvalue weighted by atomic mass is 16.4. The molecule has 15 heavy (non-hydrogen) atoms. The molecular formula is C9H13NO5. The minimum Gasteiger partial charge on any atom is -0.481 e. The van der Waals surface area contributed by atoms with E-state index in [0.717, 1.165) is 0 Å². The molecule has 0 rings (SSSR count). The first-order chi connectivity index (χ1) is 7.01. The van der Waals surface area contributed by atoms with Crippen molar-refractivity contribution < 1.29 is 24.3 Å². The average molecular weight is 215 g/mol. The SMILES string of the molecule is CC(=O)C(CC(=O)O)NC(C=O)CC=O. The Morgan fingerprint density at radius 3 is 2.33 bits per heavy atom. The maximum absolute atomic E-state index is 11.0. The molecule has 0 saturated carbocycles. The lowest BCUT2D eigenvalue weighted by Gasteiger charge is -2.17. The first-order valence-corrected chi connectivity index (χ1v) is 4.38. The fraction of sp³-hybridized carbons (Fsp3) is 0.556. The molecule has 0 saturated heterocycles. The van der Waals surface area contributed by atoms with Crippen molar-refractivity contribution in [2.24, 2.45) is 0 Å². The molecular weight excluding hydrogens is 202 g/mol. The van der Waals surface area contributed by atoms with Crippen LogP contribution in [0.15, 0.2) is 0 Å². The average Bonchev–Trinajstić information content (AvgIpc) is 2.14. The molecule has 0 amide bonds. The van der Waals surface area contributed by atoms with Gasteiger partial charge in [0, 0.05) is 6.42 Å². The molecule has 6 nitrogen and oxygen atoms in total. The van der Waals surface area contributed by atoms with E-state index in [0.29, 0.717) is 12.6 Å². The molecule has 0 aromatic heterocycles. The summed E-state index contributed by atoms with van der Waals surface area (Å²) in [5.41, 5.74) is 0. The number of carboxylic acid groups (broad SMARTS) is 1. The van der Waals surface area contributed by atoms with Crippen LogP contribution in [0.2, 0.25) is 0 Å². The Hall–Kier alpha value is -1.56. The minimum atomic E-state index is -1.14. The van der Waals surface area contributed by atoms with Crippen molar-refractivity contribution >= 4 is 24.3 Å². The molecule has 0 radical (unpaired) electrons. The van der Waals surface area contributed by atoms with Crippen LogP contribution in [0.1, 0.15) is 19.8 Å². The van der Waals surface area contributed by atoms with Gasteiger partial charge in [0.05, 0.1) is 18.5 Å². The number of aliphatic carboxylic acids is 1. The molecule has 0 aliphatic heterocycles. The Balaban J connectivity index is 4.36. The van der Waals surface area contributed by atoms with Gasteiger partial charge < -0.3 is 14.7 Å². The van der Waals surface area contributed by atoms with Gasteiger partial charge in [-0.1, -0.05) is 0 Å². The summed E-state index contributed by atoms with van der Waals surface area (Å²) >= 11 is 0. The van der Waals surface area contributed by atoms with Gasteiger partial charge in [0.1, 0.15) is 18.4 Å². The van der Waals surface area contributed by atoms with Crippen LogP contribution in [0.3, 0.4) is 0 Å². The number of carbonyl (C=O) groups excluding carboxylic acids is 3. The lowest BCUT2D eigenvalue weighted by atomic mass is 10.1. The van der Waals surface area contributed by atoms with Crippen LogP contribution in [-0.4, -0.2) is 41.5 Å². The van der Waals surface area contributed by atoms with Crippen LogP contribution in [0, 0.1) is 0 Å². The summed E-state index contributed by atoms with van der Waals surface area (Å²) in [6.07, 6.45) is 0.529. The van der Waals surface area contributed by atoms with Crippen LogP contribution < -0.4 is 5.32 Å². The molecule has 0 aliphatic carbocycles. The molecule has 0 spiro atoms. The summed E-state index contributed by atoms with van der Waals surface area (Å²) in [6.45, 7) is 1.23. The number of carbonyl (C=O) groups is 4. The maximum atomic E-state index is 11.0.